The Morgan fingerprint density at radius 3 is 2.72 bits per heavy atom. The van der Waals surface area contributed by atoms with Gasteiger partial charge in [0.1, 0.15) is 12.4 Å². The normalized spacial score (nSPS) is 14.6. The second-order valence-corrected chi connectivity index (χ2v) is 5.65. The summed E-state index contributed by atoms with van der Waals surface area (Å²) in [4.78, 5) is 25.5. The van der Waals surface area contributed by atoms with Crippen molar-refractivity contribution in [3.05, 3.63) is 35.4 Å². The number of morpholine rings is 1. The molecule has 0 bridgehead atoms. The molecule has 1 saturated heterocycles. The summed E-state index contributed by atoms with van der Waals surface area (Å²) in [5.74, 6) is -0.112. The van der Waals surface area contributed by atoms with Crippen LogP contribution in [0, 0.1) is 0 Å². The Balaban J connectivity index is 1.86. The monoisotopic (exact) mass is 368 g/mol. The van der Waals surface area contributed by atoms with Crippen molar-refractivity contribution in [1.29, 1.82) is 0 Å². The van der Waals surface area contributed by atoms with Crippen LogP contribution in [0.2, 0.25) is 5.02 Å². The van der Waals surface area contributed by atoms with Gasteiger partial charge in [0.05, 0.1) is 24.8 Å². The average molecular weight is 369 g/mol. The van der Waals surface area contributed by atoms with E-state index in [1.54, 1.807) is 30.2 Å². The number of anilines is 1. The Hall–Kier alpha value is -2.09. The number of carbonyl (C=O) groups excluding carboxylic acids is 2. The van der Waals surface area contributed by atoms with Crippen LogP contribution in [-0.2, 0) is 19.1 Å². The van der Waals surface area contributed by atoms with Gasteiger partial charge in [-0.3, -0.25) is 9.59 Å². The van der Waals surface area contributed by atoms with Gasteiger partial charge in [-0.2, -0.15) is 0 Å². The van der Waals surface area contributed by atoms with Crippen molar-refractivity contribution in [1.82, 2.24) is 4.90 Å². The number of rotatable bonds is 7. The van der Waals surface area contributed by atoms with Crippen LogP contribution in [0.15, 0.2) is 30.4 Å². The van der Waals surface area contributed by atoms with Crippen molar-refractivity contribution in [2.75, 3.05) is 51.9 Å². The van der Waals surface area contributed by atoms with E-state index in [1.807, 2.05) is 0 Å². The van der Waals surface area contributed by atoms with Crippen LogP contribution in [0.1, 0.15) is 0 Å². The van der Waals surface area contributed by atoms with Gasteiger partial charge in [-0.25, -0.2) is 0 Å². The van der Waals surface area contributed by atoms with Gasteiger partial charge in [0, 0.05) is 38.0 Å². The lowest BCUT2D eigenvalue weighted by molar-refractivity contribution is -0.130. The van der Waals surface area contributed by atoms with Crippen molar-refractivity contribution in [3.63, 3.8) is 0 Å². The van der Waals surface area contributed by atoms with Crippen molar-refractivity contribution < 1.29 is 23.8 Å². The molecule has 8 heteroatoms. The van der Waals surface area contributed by atoms with Gasteiger partial charge in [-0.15, -0.1) is 0 Å². The van der Waals surface area contributed by atoms with E-state index in [9.17, 15) is 9.59 Å². The van der Waals surface area contributed by atoms with Crippen molar-refractivity contribution in [2.45, 2.75) is 0 Å². The first-order valence-corrected chi connectivity index (χ1v) is 8.25. The lowest BCUT2D eigenvalue weighted by Crippen LogP contribution is -2.39. The third-order valence-corrected chi connectivity index (χ3v) is 3.74. The summed E-state index contributed by atoms with van der Waals surface area (Å²) in [5.41, 5.74) is 0.512. The Morgan fingerprint density at radius 2 is 2.04 bits per heavy atom. The maximum absolute atomic E-state index is 11.9. The second kappa shape index (κ2) is 10.0. The minimum atomic E-state index is -0.411. The first-order valence-electron chi connectivity index (χ1n) is 7.87. The Kier molecular flexibility index (Phi) is 7.72. The van der Waals surface area contributed by atoms with Gasteiger partial charge in [0.2, 0.25) is 11.8 Å². The van der Waals surface area contributed by atoms with Crippen LogP contribution in [0.3, 0.4) is 0 Å². The van der Waals surface area contributed by atoms with E-state index in [4.69, 9.17) is 25.8 Å². The van der Waals surface area contributed by atoms with Gasteiger partial charge in [-0.1, -0.05) is 11.6 Å². The molecule has 1 aliphatic rings. The molecular formula is C17H21ClN2O5. The van der Waals surface area contributed by atoms with Gasteiger partial charge in [0.15, 0.2) is 0 Å². The molecule has 1 fully saturated rings. The van der Waals surface area contributed by atoms with E-state index in [-0.39, 0.29) is 5.91 Å². The molecule has 0 saturated carbocycles. The maximum atomic E-state index is 11.9. The van der Waals surface area contributed by atoms with E-state index >= 15 is 0 Å². The molecule has 136 valence electrons. The van der Waals surface area contributed by atoms with Gasteiger partial charge in [-0.05, 0) is 18.2 Å². The zero-order valence-electron chi connectivity index (χ0n) is 14.0. The van der Waals surface area contributed by atoms with E-state index < -0.39 is 5.91 Å². The highest BCUT2D eigenvalue weighted by molar-refractivity contribution is 6.32. The number of benzene rings is 1. The SMILES string of the molecule is COCCOc1ccc(NC(=O)/C=C/C(=O)N2CCOCC2)cc1Cl. The molecule has 1 aliphatic heterocycles. The summed E-state index contributed by atoms with van der Waals surface area (Å²) in [6.07, 6.45) is 2.46. The van der Waals surface area contributed by atoms with Crippen LogP contribution in [0.25, 0.3) is 0 Å². The molecule has 1 aromatic carbocycles. The van der Waals surface area contributed by atoms with Crippen LogP contribution in [0.5, 0.6) is 5.75 Å². The molecule has 0 aliphatic carbocycles. The molecule has 0 spiro atoms. The van der Waals surface area contributed by atoms with Gasteiger partial charge >= 0.3 is 0 Å². The number of nitrogens with zero attached hydrogens (tertiary/aromatic N) is 1. The molecule has 1 N–H and O–H groups in total. The number of halogens is 1. The predicted molar refractivity (Wildman–Crippen MR) is 94.0 cm³/mol. The molecule has 0 unspecified atom stereocenters. The van der Waals surface area contributed by atoms with Crippen molar-refractivity contribution >= 4 is 29.1 Å². The molecule has 25 heavy (non-hydrogen) atoms. The van der Waals surface area contributed by atoms with E-state index in [0.29, 0.717) is 56.0 Å². The molecule has 1 aromatic rings. The molecule has 7 nitrogen and oxygen atoms in total. The standard InChI is InChI=1S/C17H21ClN2O5/c1-23-10-11-25-15-3-2-13(12-14(15)18)19-16(21)4-5-17(22)20-6-8-24-9-7-20/h2-5,12H,6-11H2,1H3,(H,19,21)/b5-4+. The summed E-state index contributed by atoms with van der Waals surface area (Å²) in [5, 5.41) is 3.03. The lowest BCUT2D eigenvalue weighted by atomic mass is 10.3. The van der Waals surface area contributed by atoms with Crippen LogP contribution >= 0.6 is 11.6 Å². The Morgan fingerprint density at radius 1 is 1.28 bits per heavy atom. The number of ether oxygens (including phenoxy) is 3. The van der Waals surface area contributed by atoms with Crippen molar-refractivity contribution in [3.8, 4) is 5.75 Å². The molecular weight excluding hydrogens is 348 g/mol. The number of hydrogen-bond donors (Lipinski definition) is 1. The largest absolute Gasteiger partial charge is 0.490 e. The third kappa shape index (κ3) is 6.38. The minimum Gasteiger partial charge on any atom is -0.490 e. The molecule has 0 aromatic heterocycles. The minimum absolute atomic E-state index is 0.210. The summed E-state index contributed by atoms with van der Waals surface area (Å²) in [6.45, 7) is 2.94. The molecule has 0 atom stereocenters. The highest BCUT2D eigenvalue weighted by Crippen LogP contribution is 2.27. The zero-order chi connectivity index (χ0) is 18.1. The Labute approximate surface area is 151 Å². The summed E-state index contributed by atoms with van der Waals surface area (Å²) < 4.78 is 15.5. The van der Waals surface area contributed by atoms with Gasteiger partial charge in [0.25, 0.3) is 0 Å². The lowest BCUT2D eigenvalue weighted by Gasteiger charge is -2.25. The van der Waals surface area contributed by atoms with Crippen LogP contribution in [-0.4, -0.2) is 63.3 Å². The maximum Gasteiger partial charge on any atom is 0.248 e. The second-order valence-electron chi connectivity index (χ2n) is 5.25. The number of nitrogens with one attached hydrogen (secondary N) is 1. The first-order chi connectivity index (χ1) is 12.1. The number of hydrogen-bond acceptors (Lipinski definition) is 5. The fourth-order valence-electron chi connectivity index (χ4n) is 2.15. The van der Waals surface area contributed by atoms with E-state index in [0.717, 1.165) is 0 Å². The van der Waals surface area contributed by atoms with Gasteiger partial charge < -0.3 is 24.4 Å². The quantitative estimate of drug-likeness (QED) is 0.585. The first kappa shape index (κ1) is 19.2. The topological polar surface area (TPSA) is 77.1 Å². The van der Waals surface area contributed by atoms with E-state index in [1.165, 1.54) is 12.2 Å². The summed E-state index contributed by atoms with van der Waals surface area (Å²) in [7, 11) is 1.58. The number of carbonyl (C=O) groups is 2. The molecule has 0 radical (unpaired) electrons. The predicted octanol–water partition coefficient (Wildman–Crippen LogP) is 1.72. The third-order valence-electron chi connectivity index (χ3n) is 3.44. The summed E-state index contributed by atoms with van der Waals surface area (Å²) in [6, 6.07) is 4.92. The smallest absolute Gasteiger partial charge is 0.248 e. The fraction of sp³-hybridized carbons (Fsp3) is 0.412. The van der Waals surface area contributed by atoms with Crippen LogP contribution in [0.4, 0.5) is 5.69 Å². The highest BCUT2D eigenvalue weighted by atomic mass is 35.5. The molecule has 2 rings (SSSR count). The number of amides is 2. The average Bonchev–Trinajstić information content (AvgIpc) is 2.62. The molecule has 2 amide bonds. The Bertz CT molecular complexity index is 629. The molecule has 1 heterocycles. The van der Waals surface area contributed by atoms with Crippen molar-refractivity contribution in [2.24, 2.45) is 0 Å². The fourth-order valence-corrected chi connectivity index (χ4v) is 2.39. The zero-order valence-corrected chi connectivity index (χ0v) is 14.8. The highest BCUT2D eigenvalue weighted by Gasteiger charge is 2.14. The van der Waals surface area contributed by atoms with Crippen LogP contribution < -0.4 is 10.1 Å². The number of methoxy groups -OCH3 is 1. The van der Waals surface area contributed by atoms with E-state index in [2.05, 4.69) is 5.32 Å². The summed E-state index contributed by atoms with van der Waals surface area (Å²) >= 11 is 6.11.